The Balaban J connectivity index is 2.17. The summed E-state index contributed by atoms with van der Waals surface area (Å²) in [5.41, 5.74) is 1.01. The maximum Gasteiger partial charge on any atom is 0.264 e. The summed E-state index contributed by atoms with van der Waals surface area (Å²) in [5.74, 6) is 0.581. The Morgan fingerprint density at radius 3 is 2.47 bits per heavy atom. The highest BCUT2D eigenvalue weighted by atomic mass is 16.5. The van der Waals surface area contributed by atoms with Crippen molar-refractivity contribution in [1.29, 1.82) is 5.26 Å². The van der Waals surface area contributed by atoms with Crippen LogP contribution in [0.5, 0.6) is 5.75 Å². The standard InChI is InChI=1S/C15H16N2O2/c1-19-14-6-4-12(5-7-14)10-13(11-16)15(18)17-8-2-3-9-17/h4-7,10H,2-3,8-9H2,1H3. The Kier molecular flexibility index (Phi) is 4.19. The molecule has 1 heterocycles. The molecule has 0 radical (unpaired) electrons. The summed E-state index contributed by atoms with van der Waals surface area (Å²) in [7, 11) is 1.60. The molecule has 1 aromatic carbocycles. The second-order valence-corrected chi connectivity index (χ2v) is 4.44. The lowest BCUT2D eigenvalue weighted by Crippen LogP contribution is -2.28. The molecule has 0 unspecified atom stereocenters. The van der Waals surface area contributed by atoms with Gasteiger partial charge in [0.1, 0.15) is 17.4 Å². The predicted molar refractivity (Wildman–Crippen MR) is 72.4 cm³/mol. The van der Waals surface area contributed by atoms with Gasteiger partial charge < -0.3 is 9.64 Å². The minimum absolute atomic E-state index is 0.171. The van der Waals surface area contributed by atoms with Gasteiger partial charge >= 0.3 is 0 Å². The first kappa shape index (κ1) is 13.2. The number of ether oxygens (including phenoxy) is 1. The monoisotopic (exact) mass is 256 g/mol. The van der Waals surface area contributed by atoms with Gasteiger partial charge in [-0.2, -0.15) is 5.26 Å². The number of nitriles is 1. The Hall–Kier alpha value is -2.28. The summed E-state index contributed by atoms with van der Waals surface area (Å²) < 4.78 is 5.07. The van der Waals surface area contributed by atoms with Crippen molar-refractivity contribution in [3.8, 4) is 11.8 Å². The number of amides is 1. The average Bonchev–Trinajstić information content (AvgIpc) is 2.99. The van der Waals surface area contributed by atoms with Gasteiger partial charge in [0.15, 0.2) is 0 Å². The zero-order valence-corrected chi connectivity index (χ0v) is 10.9. The van der Waals surface area contributed by atoms with Crippen LogP contribution < -0.4 is 4.74 Å². The summed E-state index contributed by atoms with van der Waals surface area (Å²) in [6, 6.07) is 9.26. The van der Waals surface area contributed by atoms with Gasteiger partial charge in [0.25, 0.3) is 5.91 Å². The van der Waals surface area contributed by atoms with Gasteiger partial charge in [-0.25, -0.2) is 0 Å². The van der Waals surface area contributed by atoms with Crippen molar-refractivity contribution in [3.05, 3.63) is 35.4 Å². The first-order valence-corrected chi connectivity index (χ1v) is 6.29. The number of benzene rings is 1. The molecule has 4 heteroatoms. The largest absolute Gasteiger partial charge is 0.497 e. The van der Waals surface area contributed by atoms with E-state index in [0.29, 0.717) is 0 Å². The Morgan fingerprint density at radius 1 is 1.32 bits per heavy atom. The van der Waals surface area contributed by atoms with E-state index in [2.05, 4.69) is 0 Å². The number of hydrogen-bond acceptors (Lipinski definition) is 3. The summed E-state index contributed by atoms with van der Waals surface area (Å²) in [5, 5.41) is 9.13. The first-order valence-electron chi connectivity index (χ1n) is 6.29. The zero-order valence-electron chi connectivity index (χ0n) is 10.9. The van der Waals surface area contributed by atoms with E-state index < -0.39 is 0 Å². The number of likely N-dealkylation sites (tertiary alicyclic amines) is 1. The second kappa shape index (κ2) is 6.05. The van der Waals surface area contributed by atoms with Gasteiger partial charge in [-0.15, -0.1) is 0 Å². The summed E-state index contributed by atoms with van der Waals surface area (Å²) in [6.07, 6.45) is 3.67. The SMILES string of the molecule is COc1ccc(C=C(C#N)C(=O)N2CCCC2)cc1. The van der Waals surface area contributed by atoms with Crippen LogP contribution in [0.1, 0.15) is 18.4 Å². The number of carbonyl (C=O) groups is 1. The first-order chi connectivity index (χ1) is 9.24. The third-order valence-corrected chi connectivity index (χ3v) is 3.17. The molecule has 0 N–H and O–H groups in total. The fourth-order valence-electron chi connectivity index (χ4n) is 2.10. The number of rotatable bonds is 3. The van der Waals surface area contributed by atoms with Crippen molar-refractivity contribution in [2.24, 2.45) is 0 Å². The highest BCUT2D eigenvalue weighted by molar-refractivity contribution is 6.01. The van der Waals surface area contributed by atoms with Crippen molar-refractivity contribution < 1.29 is 9.53 Å². The van der Waals surface area contributed by atoms with Crippen LogP contribution in [0.15, 0.2) is 29.8 Å². The molecule has 19 heavy (non-hydrogen) atoms. The van der Waals surface area contributed by atoms with Crippen LogP contribution >= 0.6 is 0 Å². The van der Waals surface area contributed by atoms with Crippen LogP contribution in [0.2, 0.25) is 0 Å². The molecule has 98 valence electrons. The van der Waals surface area contributed by atoms with Crippen LogP contribution in [0, 0.1) is 11.3 Å². The molecule has 2 rings (SSSR count). The van der Waals surface area contributed by atoms with Crippen LogP contribution in [0.3, 0.4) is 0 Å². The maximum absolute atomic E-state index is 12.1. The minimum Gasteiger partial charge on any atom is -0.497 e. The van der Waals surface area contributed by atoms with Gasteiger partial charge in [-0.1, -0.05) is 12.1 Å². The van der Waals surface area contributed by atoms with Crippen LogP contribution in [-0.2, 0) is 4.79 Å². The van der Waals surface area contributed by atoms with Gasteiger partial charge in [-0.3, -0.25) is 4.79 Å². The molecule has 0 atom stereocenters. The van der Waals surface area contributed by atoms with Crippen LogP contribution in [0.4, 0.5) is 0 Å². The van der Waals surface area contributed by atoms with E-state index in [1.54, 1.807) is 30.2 Å². The van der Waals surface area contributed by atoms with Crippen molar-refractivity contribution in [2.75, 3.05) is 20.2 Å². The van der Waals surface area contributed by atoms with Crippen LogP contribution in [-0.4, -0.2) is 31.0 Å². The molecule has 0 aliphatic carbocycles. The van der Waals surface area contributed by atoms with Crippen molar-refractivity contribution in [2.45, 2.75) is 12.8 Å². The number of methoxy groups -OCH3 is 1. The van der Waals surface area contributed by atoms with E-state index >= 15 is 0 Å². The molecule has 0 spiro atoms. The average molecular weight is 256 g/mol. The van der Waals surface area contributed by atoms with E-state index in [1.807, 2.05) is 18.2 Å². The smallest absolute Gasteiger partial charge is 0.264 e. The Labute approximate surface area is 112 Å². The van der Waals surface area contributed by atoms with E-state index in [1.165, 1.54) is 0 Å². The molecule has 0 bridgehead atoms. The lowest BCUT2D eigenvalue weighted by molar-refractivity contribution is -0.125. The summed E-state index contributed by atoms with van der Waals surface area (Å²) in [6.45, 7) is 1.50. The molecule has 1 aliphatic rings. The van der Waals surface area contributed by atoms with Crippen molar-refractivity contribution in [1.82, 2.24) is 4.90 Å². The number of hydrogen-bond donors (Lipinski definition) is 0. The van der Waals surface area contributed by atoms with E-state index in [-0.39, 0.29) is 11.5 Å². The molecule has 0 aromatic heterocycles. The molecular weight excluding hydrogens is 240 g/mol. The molecule has 1 aliphatic heterocycles. The molecule has 1 aromatic rings. The highest BCUT2D eigenvalue weighted by Gasteiger charge is 2.21. The Bertz CT molecular complexity index is 520. The van der Waals surface area contributed by atoms with Crippen LogP contribution in [0.25, 0.3) is 6.08 Å². The summed E-state index contributed by atoms with van der Waals surface area (Å²) in [4.78, 5) is 13.8. The van der Waals surface area contributed by atoms with Gasteiger partial charge in [-0.05, 0) is 36.6 Å². The fourth-order valence-corrected chi connectivity index (χ4v) is 2.10. The molecule has 1 amide bonds. The molecule has 1 saturated heterocycles. The van der Waals surface area contributed by atoms with Gasteiger partial charge in [0.2, 0.25) is 0 Å². The van der Waals surface area contributed by atoms with E-state index in [0.717, 1.165) is 37.2 Å². The van der Waals surface area contributed by atoms with Gasteiger partial charge in [0.05, 0.1) is 7.11 Å². The third kappa shape index (κ3) is 3.14. The number of carbonyl (C=O) groups excluding carboxylic acids is 1. The quantitative estimate of drug-likeness (QED) is 0.615. The van der Waals surface area contributed by atoms with E-state index in [4.69, 9.17) is 10.00 Å². The molecule has 1 fully saturated rings. The topological polar surface area (TPSA) is 53.3 Å². The second-order valence-electron chi connectivity index (χ2n) is 4.44. The molecular formula is C15H16N2O2. The highest BCUT2D eigenvalue weighted by Crippen LogP contribution is 2.16. The minimum atomic E-state index is -0.171. The number of nitrogens with zero attached hydrogens (tertiary/aromatic N) is 2. The van der Waals surface area contributed by atoms with Crippen molar-refractivity contribution >= 4 is 12.0 Å². The molecule has 0 saturated carbocycles. The normalized spacial score (nSPS) is 15.2. The maximum atomic E-state index is 12.1. The predicted octanol–water partition coefficient (Wildman–Crippen LogP) is 2.22. The van der Waals surface area contributed by atoms with Gasteiger partial charge in [0, 0.05) is 13.1 Å². The third-order valence-electron chi connectivity index (χ3n) is 3.17. The summed E-state index contributed by atoms with van der Waals surface area (Å²) >= 11 is 0. The zero-order chi connectivity index (χ0) is 13.7. The van der Waals surface area contributed by atoms with E-state index in [9.17, 15) is 4.79 Å². The lowest BCUT2D eigenvalue weighted by Gasteiger charge is -2.14. The van der Waals surface area contributed by atoms with Crippen molar-refractivity contribution in [3.63, 3.8) is 0 Å². The Morgan fingerprint density at radius 2 is 1.95 bits per heavy atom. The fraction of sp³-hybridized carbons (Fsp3) is 0.333. The molecule has 4 nitrogen and oxygen atoms in total. The lowest BCUT2D eigenvalue weighted by atomic mass is 10.1.